The zero-order valence-corrected chi connectivity index (χ0v) is 10.2. The highest BCUT2D eigenvalue weighted by atomic mass is 19.3. The van der Waals surface area contributed by atoms with Crippen LogP contribution in [0.1, 0.15) is 25.0 Å². The summed E-state index contributed by atoms with van der Waals surface area (Å²) in [6, 6.07) is 0. The number of aromatic nitrogens is 3. The van der Waals surface area contributed by atoms with E-state index < -0.39 is 25.6 Å². The second kappa shape index (κ2) is 6.60. The first kappa shape index (κ1) is 15.5. The third kappa shape index (κ3) is 4.93. The molecule has 19 heavy (non-hydrogen) atoms. The number of alkyl halides is 4. The number of ether oxygens (including phenoxy) is 1. The maximum Gasteiger partial charge on any atom is 0.330 e. The summed E-state index contributed by atoms with van der Waals surface area (Å²) < 4.78 is 53.4. The van der Waals surface area contributed by atoms with E-state index in [1.54, 1.807) is 0 Å². The molecule has 0 fully saturated rings. The van der Waals surface area contributed by atoms with E-state index in [0.717, 1.165) is 6.42 Å². The summed E-state index contributed by atoms with van der Waals surface area (Å²) in [6.07, 6.45) is -2.45. The number of anilines is 1. The maximum absolute atomic E-state index is 12.6. The molecule has 2 N–H and O–H groups in total. The molecule has 5 nitrogen and oxygen atoms in total. The molecule has 0 unspecified atom stereocenters. The molecule has 108 valence electrons. The Balaban J connectivity index is 2.58. The molecular weight excluding hydrogens is 268 g/mol. The molecular formula is C10H14F4N4O. The highest BCUT2D eigenvalue weighted by Crippen LogP contribution is 2.23. The minimum Gasteiger partial charge on any atom is -0.368 e. The van der Waals surface area contributed by atoms with Crippen molar-refractivity contribution in [2.45, 2.75) is 38.7 Å². The Hall–Kier alpha value is -1.51. The zero-order valence-electron chi connectivity index (χ0n) is 10.2. The second-order valence-electron chi connectivity index (χ2n) is 3.83. The van der Waals surface area contributed by atoms with E-state index in [1.165, 1.54) is 0 Å². The Morgan fingerprint density at radius 1 is 1.21 bits per heavy atom. The predicted molar refractivity (Wildman–Crippen MR) is 58.8 cm³/mol. The summed E-state index contributed by atoms with van der Waals surface area (Å²) in [5, 5.41) is 0. The predicted octanol–water partition coefficient (Wildman–Crippen LogP) is 1.82. The Bertz CT molecular complexity index is 417. The number of hydrogen-bond donors (Lipinski definition) is 1. The van der Waals surface area contributed by atoms with Crippen LogP contribution in [0.25, 0.3) is 0 Å². The van der Waals surface area contributed by atoms with Gasteiger partial charge in [0.25, 0.3) is 0 Å². The Morgan fingerprint density at radius 3 is 2.42 bits per heavy atom. The third-order valence-electron chi connectivity index (χ3n) is 2.06. The van der Waals surface area contributed by atoms with Crippen LogP contribution in [-0.2, 0) is 17.8 Å². The van der Waals surface area contributed by atoms with E-state index in [9.17, 15) is 17.6 Å². The fourth-order valence-electron chi connectivity index (χ4n) is 1.23. The SMILES string of the molecule is CCCc1nc(N)nc(COCC(F)(F)C(F)F)n1. The van der Waals surface area contributed by atoms with Gasteiger partial charge in [0.2, 0.25) is 5.95 Å². The molecule has 0 aliphatic carbocycles. The summed E-state index contributed by atoms with van der Waals surface area (Å²) in [5.74, 6) is -3.79. The molecule has 0 saturated heterocycles. The summed E-state index contributed by atoms with van der Waals surface area (Å²) in [6.45, 7) is 0.0739. The van der Waals surface area contributed by atoms with Gasteiger partial charge in [-0.1, -0.05) is 6.92 Å². The highest BCUT2D eigenvalue weighted by molar-refractivity contribution is 5.15. The van der Waals surface area contributed by atoms with Crippen molar-refractivity contribution in [1.29, 1.82) is 0 Å². The normalized spacial score (nSPS) is 12.1. The standard InChI is InChI=1S/C10H14F4N4O/c1-2-3-6-16-7(18-9(15)17-6)4-19-5-10(13,14)8(11)12/h8H,2-5H2,1H3,(H2,15,16,17,18). The van der Waals surface area contributed by atoms with Crippen LogP contribution in [0.5, 0.6) is 0 Å². The van der Waals surface area contributed by atoms with Crippen LogP contribution in [0.4, 0.5) is 23.5 Å². The molecule has 0 radical (unpaired) electrons. The smallest absolute Gasteiger partial charge is 0.330 e. The number of nitrogens with two attached hydrogens (primary N) is 1. The van der Waals surface area contributed by atoms with Gasteiger partial charge in [0.05, 0.1) is 0 Å². The van der Waals surface area contributed by atoms with Crippen molar-refractivity contribution in [3.8, 4) is 0 Å². The average Bonchev–Trinajstić information content (AvgIpc) is 2.28. The molecule has 0 amide bonds. The highest BCUT2D eigenvalue weighted by Gasteiger charge is 2.41. The Morgan fingerprint density at radius 2 is 1.84 bits per heavy atom. The molecule has 1 rings (SSSR count). The molecule has 9 heteroatoms. The van der Waals surface area contributed by atoms with Gasteiger partial charge in [-0.05, 0) is 6.42 Å². The van der Waals surface area contributed by atoms with Crippen LogP contribution < -0.4 is 5.73 Å². The largest absolute Gasteiger partial charge is 0.368 e. The van der Waals surface area contributed by atoms with E-state index in [1.807, 2.05) is 6.92 Å². The van der Waals surface area contributed by atoms with Gasteiger partial charge in [0.1, 0.15) is 19.0 Å². The van der Waals surface area contributed by atoms with E-state index >= 15 is 0 Å². The Labute approximate surface area is 107 Å². The van der Waals surface area contributed by atoms with Crippen molar-refractivity contribution in [2.24, 2.45) is 0 Å². The summed E-state index contributed by atoms with van der Waals surface area (Å²) in [5.41, 5.74) is 5.41. The fourth-order valence-corrected chi connectivity index (χ4v) is 1.23. The summed E-state index contributed by atoms with van der Waals surface area (Å²) >= 11 is 0. The van der Waals surface area contributed by atoms with Crippen molar-refractivity contribution < 1.29 is 22.3 Å². The zero-order chi connectivity index (χ0) is 14.5. The van der Waals surface area contributed by atoms with Gasteiger partial charge in [-0.15, -0.1) is 0 Å². The van der Waals surface area contributed by atoms with Crippen molar-refractivity contribution in [3.05, 3.63) is 11.6 Å². The Kier molecular flexibility index (Phi) is 5.40. The minimum absolute atomic E-state index is 0.0426. The lowest BCUT2D eigenvalue weighted by Crippen LogP contribution is -2.32. The van der Waals surface area contributed by atoms with Gasteiger partial charge < -0.3 is 10.5 Å². The van der Waals surface area contributed by atoms with Crippen LogP contribution in [0, 0.1) is 0 Å². The first-order valence-corrected chi connectivity index (χ1v) is 5.58. The van der Waals surface area contributed by atoms with Crippen molar-refractivity contribution >= 4 is 5.95 Å². The molecule has 0 aliphatic heterocycles. The van der Waals surface area contributed by atoms with Gasteiger partial charge in [-0.2, -0.15) is 18.7 Å². The number of rotatable bonds is 7. The molecule has 0 saturated carbocycles. The minimum atomic E-state index is -4.19. The van der Waals surface area contributed by atoms with E-state index in [0.29, 0.717) is 12.2 Å². The van der Waals surface area contributed by atoms with Gasteiger partial charge in [-0.25, -0.2) is 13.8 Å². The molecule has 1 heterocycles. The van der Waals surface area contributed by atoms with Crippen LogP contribution in [0.3, 0.4) is 0 Å². The maximum atomic E-state index is 12.6. The van der Waals surface area contributed by atoms with Crippen LogP contribution in [0.15, 0.2) is 0 Å². The van der Waals surface area contributed by atoms with E-state index in [2.05, 4.69) is 19.7 Å². The van der Waals surface area contributed by atoms with Gasteiger partial charge in [0.15, 0.2) is 5.82 Å². The first-order chi connectivity index (χ1) is 8.85. The molecule has 0 atom stereocenters. The summed E-state index contributed by atoms with van der Waals surface area (Å²) in [7, 11) is 0. The number of aryl methyl sites for hydroxylation is 1. The second-order valence-corrected chi connectivity index (χ2v) is 3.83. The lowest BCUT2D eigenvalue weighted by molar-refractivity contribution is -0.168. The lowest BCUT2D eigenvalue weighted by Gasteiger charge is -2.14. The van der Waals surface area contributed by atoms with Crippen LogP contribution >= 0.6 is 0 Å². The van der Waals surface area contributed by atoms with Crippen LogP contribution in [-0.4, -0.2) is 33.9 Å². The number of halogens is 4. The molecule has 0 aromatic carbocycles. The van der Waals surface area contributed by atoms with Crippen molar-refractivity contribution in [3.63, 3.8) is 0 Å². The summed E-state index contributed by atoms with van der Waals surface area (Å²) in [4.78, 5) is 11.4. The topological polar surface area (TPSA) is 73.9 Å². The van der Waals surface area contributed by atoms with Gasteiger partial charge in [-0.3, -0.25) is 0 Å². The van der Waals surface area contributed by atoms with Gasteiger partial charge in [0, 0.05) is 6.42 Å². The molecule has 1 aromatic rings. The monoisotopic (exact) mass is 282 g/mol. The van der Waals surface area contributed by atoms with Crippen molar-refractivity contribution in [1.82, 2.24) is 15.0 Å². The van der Waals surface area contributed by atoms with Crippen molar-refractivity contribution in [2.75, 3.05) is 12.3 Å². The molecule has 0 aliphatic rings. The molecule has 0 spiro atoms. The van der Waals surface area contributed by atoms with E-state index in [-0.39, 0.29) is 11.8 Å². The number of nitrogen functional groups attached to an aromatic ring is 1. The first-order valence-electron chi connectivity index (χ1n) is 5.58. The van der Waals surface area contributed by atoms with E-state index in [4.69, 9.17) is 5.73 Å². The fraction of sp³-hybridized carbons (Fsp3) is 0.700. The average molecular weight is 282 g/mol. The molecule has 1 aromatic heterocycles. The quantitative estimate of drug-likeness (QED) is 0.772. The third-order valence-corrected chi connectivity index (χ3v) is 2.06. The molecule has 0 bridgehead atoms. The number of hydrogen-bond acceptors (Lipinski definition) is 5. The number of nitrogens with zero attached hydrogens (tertiary/aromatic N) is 3. The van der Waals surface area contributed by atoms with Crippen LogP contribution in [0.2, 0.25) is 0 Å². The lowest BCUT2D eigenvalue weighted by atomic mass is 10.3. The van der Waals surface area contributed by atoms with Gasteiger partial charge >= 0.3 is 12.3 Å².